The van der Waals surface area contributed by atoms with Crippen molar-refractivity contribution in [2.75, 3.05) is 25.0 Å². The molecule has 0 bridgehead atoms. The normalized spacial score (nSPS) is 11.1. The number of nitrogens with one attached hydrogen (secondary N) is 3. The Kier molecular flexibility index (Phi) is 7.10. The summed E-state index contributed by atoms with van der Waals surface area (Å²) in [5.74, 6) is 0.147. The van der Waals surface area contributed by atoms with Gasteiger partial charge >= 0.3 is 0 Å². The second-order valence-electron chi connectivity index (χ2n) is 4.48. The summed E-state index contributed by atoms with van der Waals surface area (Å²) in [6, 6.07) is 2.84. The maximum absolute atomic E-state index is 12.1. The lowest BCUT2D eigenvalue weighted by Gasteiger charge is -2.09. The van der Waals surface area contributed by atoms with Crippen LogP contribution in [0.2, 0.25) is 0 Å². The van der Waals surface area contributed by atoms with Crippen molar-refractivity contribution in [2.24, 2.45) is 0 Å². The number of carbonyl (C=O) groups is 1. The van der Waals surface area contributed by atoms with Crippen LogP contribution in [0.5, 0.6) is 0 Å². The van der Waals surface area contributed by atoms with Gasteiger partial charge in [-0.15, -0.1) is 0 Å². The van der Waals surface area contributed by atoms with E-state index in [1.807, 2.05) is 13.8 Å². The van der Waals surface area contributed by atoms with Crippen LogP contribution in [-0.2, 0) is 14.8 Å². The molecule has 8 heteroatoms. The Labute approximate surface area is 125 Å². The number of aromatic nitrogens is 1. The standard InChI is InChI=1S/C13H22N4O3S/c1-3-6-14-12-9-11(5-8-15-12)21(19,20)17-10-13(18)16-7-4-2/h5,8-9,17H,3-4,6-7,10H2,1-2H3,(H,14,15)(H,16,18). The van der Waals surface area contributed by atoms with Crippen molar-refractivity contribution in [1.29, 1.82) is 0 Å². The van der Waals surface area contributed by atoms with Gasteiger partial charge in [-0.05, 0) is 18.9 Å². The first kappa shape index (κ1) is 17.4. The highest BCUT2D eigenvalue weighted by Gasteiger charge is 2.16. The van der Waals surface area contributed by atoms with Crippen molar-refractivity contribution in [2.45, 2.75) is 31.6 Å². The number of hydrogen-bond acceptors (Lipinski definition) is 5. The summed E-state index contributed by atoms with van der Waals surface area (Å²) in [6.07, 6.45) is 3.13. The van der Waals surface area contributed by atoms with E-state index in [0.29, 0.717) is 18.9 Å². The highest BCUT2D eigenvalue weighted by molar-refractivity contribution is 7.89. The van der Waals surface area contributed by atoms with E-state index in [-0.39, 0.29) is 17.3 Å². The average molecular weight is 314 g/mol. The van der Waals surface area contributed by atoms with Gasteiger partial charge in [-0.3, -0.25) is 4.79 Å². The zero-order chi connectivity index (χ0) is 15.7. The number of rotatable bonds is 9. The quantitative estimate of drug-likeness (QED) is 0.623. The molecule has 0 fully saturated rings. The van der Waals surface area contributed by atoms with Crippen LogP contribution in [0, 0.1) is 0 Å². The molecule has 0 aliphatic rings. The molecule has 0 saturated carbocycles. The second kappa shape index (κ2) is 8.58. The summed E-state index contributed by atoms with van der Waals surface area (Å²) in [5, 5.41) is 5.62. The monoisotopic (exact) mass is 314 g/mol. The number of nitrogens with zero attached hydrogens (tertiary/aromatic N) is 1. The van der Waals surface area contributed by atoms with Gasteiger partial charge < -0.3 is 10.6 Å². The van der Waals surface area contributed by atoms with Crippen LogP contribution in [0.4, 0.5) is 5.82 Å². The van der Waals surface area contributed by atoms with Gasteiger partial charge in [0.2, 0.25) is 15.9 Å². The van der Waals surface area contributed by atoms with E-state index in [0.717, 1.165) is 12.8 Å². The van der Waals surface area contributed by atoms with Gasteiger partial charge in [0.25, 0.3) is 0 Å². The Morgan fingerprint density at radius 2 is 1.95 bits per heavy atom. The largest absolute Gasteiger partial charge is 0.370 e. The van der Waals surface area contributed by atoms with Crippen LogP contribution in [0.1, 0.15) is 26.7 Å². The number of carbonyl (C=O) groups excluding carboxylic acids is 1. The van der Waals surface area contributed by atoms with Crippen LogP contribution in [0.15, 0.2) is 23.2 Å². The molecule has 0 unspecified atom stereocenters. The summed E-state index contributed by atoms with van der Waals surface area (Å²) in [5.41, 5.74) is 0. The molecule has 21 heavy (non-hydrogen) atoms. The van der Waals surface area contributed by atoms with Crippen LogP contribution >= 0.6 is 0 Å². The van der Waals surface area contributed by atoms with Gasteiger partial charge in [0, 0.05) is 25.4 Å². The van der Waals surface area contributed by atoms with Gasteiger partial charge in [-0.2, -0.15) is 0 Å². The molecule has 0 atom stereocenters. The highest BCUT2D eigenvalue weighted by Crippen LogP contribution is 2.12. The van der Waals surface area contributed by atoms with Gasteiger partial charge in [0.15, 0.2) is 0 Å². The molecular weight excluding hydrogens is 292 g/mol. The summed E-state index contributed by atoms with van der Waals surface area (Å²) < 4.78 is 26.5. The van der Waals surface area contributed by atoms with E-state index in [9.17, 15) is 13.2 Å². The molecule has 1 aromatic rings. The minimum Gasteiger partial charge on any atom is -0.370 e. The van der Waals surface area contributed by atoms with E-state index in [4.69, 9.17) is 0 Å². The number of anilines is 1. The average Bonchev–Trinajstić information content (AvgIpc) is 2.49. The molecule has 0 saturated heterocycles. The van der Waals surface area contributed by atoms with Crippen molar-refractivity contribution in [3.05, 3.63) is 18.3 Å². The van der Waals surface area contributed by atoms with E-state index < -0.39 is 10.0 Å². The zero-order valence-corrected chi connectivity index (χ0v) is 13.2. The maximum atomic E-state index is 12.1. The summed E-state index contributed by atoms with van der Waals surface area (Å²) in [6.45, 7) is 4.89. The van der Waals surface area contributed by atoms with Gasteiger partial charge in [0.1, 0.15) is 5.82 Å². The predicted molar refractivity (Wildman–Crippen MR) is 81.5 cm³/mol. The van der Waals surface area contributed by atoms with E-state index in [1.165, 1.54) is 18.3 Å². The topological polar surface area (TPSA) is 100 Å². The van der Waals surface area contributed by atoms with Crippen LogP contribution in [0.25, 0.3) is 0 Å². The Hall–Kier alpha value is -1.67. The van der Waals surface area contributed by atoms with Crippen molar-refractivity contribution < 1.29 is 13.2 Å². The summed E-state index contributed by atoms with van der Waals surface area (Å²) in [4.78, 5) is 15.6. The lowest BCUT2D eigenvalue weighted by atomic mass is 10.4. The lowest BCUT2D eigenvalue weighted by Crippen LogP contribution is -2.37. The third-order valence-corrected chi connectivity index (χ3v) is 3.99. The molecule has 0 aliphatic carbocycles. The summed E-state index contributed by atoms with van der Waals surface area (Å²) in [7, 11) is -3.72. The maximum Gasteiger partial charge on any atom is 0.241 e. The van der Waals surface area contributed by atoms with Crippen molar-refractivity contribution >= 4 is 21.7 Å². The van der Waals surface area contributed by atoms with Crippen LogP contribution in [0.3, 0.4) is 0 Å². The van der Waals surface area contributed by atoms with E-state index in [1.54, 1.807) is 0 Å². The molecule has 1 rings (SSSR count). The van der Waals surface area contributed by atoms with E-state index in [2.05, 4.69) is 20.3 Å². The second-order valence-corrected chi connectivity index (χ2v) is 6.25. The molecule has 0 aliphatic heterocycles. The smallest absolute Gasteiger partial charge is 0.241 e. The minimum absolute atomic E-state index is 0.0828. The fourth-order valence-electron chi connectivity index (χ4n) is 1.50. The molecule has 1 aromatic heterocycles. The Morgan fingerprint density at radius 1 is 1.24 bits per heavy atom. The number of amides is 1. The molecule has 118 valence electrons. The van der Waals surface area contributed by atoms with Crippen LogP contribution in [-0.4, -0.2) is 38.9 Å². The molecule has 1 heterocycles. The Bertz CT molecular complexity index is 560. The fraction of sp³-hybridized carbons (Fsp3) is 0.538. The first-order valence-corrected chi connectivity index (χ1v) is 8.44. The third-order valence-electron chi connectivity index (χ3n) is 2.59. The molecule has 3 N–H and O–H groups in total. The van der Waals surface area contributed by atoms with Crippen LogP contribution < -0.4 is 15.4 Å². The first-order chi connectivity index (χ1) is 9.99. The van der Waals surface area contributed by atoms with Gasteiger partial charge in [-0.25, -0.2) is 18.1 Å². The van der Waals surface area contributed by atoms with Crippen molar-refractivity contribution in [3.63, 3.8) is 0 Å². The Morgan fingerprint density at radius 3 is 2.62 bits per heavy atom. The highest BCUT2D eigenvalue weighted by atomic mass is 32.2. The SMILES string of the molecule is CCCNC(=O)CNS(=O)(=O)c1ccnc(NCCC)c1. The molecular formula is C13H22N4O3S. The first-order valence-electron chi connectivity index (χ1n) is 6.96. The third kappa shape index (κ3) is 6.09. The number of pyridine rings is 1. The molecule has 0 aromatic carbocycles. The molecule has 1 amide bonds. The predicted octanol–water partition coefficient (Wildman–Crippen LogP) is 0.708. The van der Waals surface area contributed by atoms with E-state index >= 15 is 0 Å². The minimum atomic E-state index is -3.72. The fourth-order valence-corrected chi connectivity index (χ4v) is 2.49. The van der Waals surface area contributed by atoms with Crippen molar-refractivity contribution in [3.8, 4) is 0 Å². The number of hydrogen-bond donors (Lipinski definition) is 3. The van der Waals surface area contributed by atoms with Crippen molar-refractivity contribution in [1.82, 2.24) is 15.0 Å². The lowest BCUT2D eigenvalue weighted by molar-refractivity contribution is -0.119. The molecule has 0 radical (unpaired) electrons. The summed E-state index contributed by atoms with van der Waals surface area (Å²) >= 11 is 0. The zero-order valence-electron chi connectivity index (χ0n) is 12.3. The van der Waals surface area contributed by atoms with Gasteiger partial charge in [-0.1, -0.05) is 13.8 Å². The Balaban J connectivity index is 2.67. The number of sulfonamides is 1. The molecule has 0 spiro atoms. The van der Waals surface area contributed by atoms with Gasteiger partial charge in [0.05, 0.1) is 11.4 Å². The molecule has 7 nitrogen and oxygen atoms in total.